The monoisotopic (exact) mass is 248 g/mol. The summed E-state index contributed by atoms with van der Waals surface area (Å²) in [5.74, 6) is 0.0931. The molecule has 0 aliphatic carbocycles. The Morgan fingerprint density at radius 1 is 1.17 bits per heavy atom. The number of carbonyl (C=O) groups is 2. The third kappa shape index (κ3) is 2.30. The molecular weight excluding hydrogens is 232 g/mol. The second-order valence-electron chi connectivity index (χ2n) is 4.26. The van der Waals surface area contributed by atoms with Gasteiger partial charge in [-0.25, -0.2) is 4.90 Å². The molecule has 2 rings (SSSR count). The van der Waals surface area contributed by atoms with E-state index in [-0.39, 0.29) is 11.8 Å². The fraction of sp³-hybridized carbons (Fsp3) is 0.385. The number of amides is 2. The van der Waals surface area contributed by atoms with Gasteiger partial charge < -0.3 is 10.5 Å². The Hall–Kier alpha value is -2.04. The Kier molecular flexibility index (Phi) is 3.50. The highest BCUT2D eigenvalue weighted by Gasteiger charge is 2.28. The van der Waals surface area contributed by atoms with Crippen LogP contribution in [-0.4, -0.2) is 18.9 Å². The first-order chi connectivity index (χ1) is 8.63. The summed E-state index contributed by atoms with van der Waals surface area (Å²) in [7, 11) is 1.50. The van der Waals surface area contributed by atoms with E-state index >= 15 is 0 Å². The number of nitrogen functional groups attached to an aromatic ring is 1. The summed E-state index contributed by atoms with van der Waals surface area (Å²) >= 11 is 0. The molecule has 1 aliphatic rings. The van der Waals surface area contributed by atoms with Crippen molar-refractivity contribution in [2.75, 3.05) is 17.7 Å². The van der Waals surface area contributed by atoms with E-state index in [1.54, 1.807) is 18.2 Å². The number of hydrogen-bond donors (Lipinski definition) is 1. The molecule has 18 heavy (non-hydrogen) atoms. The number of methoxy groups -OCH3 is 1. The van der Waals surface area contributed by atoms with Crippen molar-refractivity contribution in [2.45, 2.75) is 25.7 Å². The molecule has 0 spiro atoms. The zero-order valence-corrected chi connectivity index (χ0v) is 10.3. The minimum Gasteiger partial charge on any atom is -0.495 e. The molecule has 1 heterocycles. The molecule has 5 nitrogen and oxygen atoms in total. The number of ether oxygens (including phenoxy) is 1. The smallest absolute Gasteiger partial charge is 0.233 e. The van der Waals surface area contributed by atoms with E-state index in [4.69, 9.17) is 10.5 Å². The van der Waals surface area contributed by atoms with Gasteiger partial charge in [0.1, 0.15) is 5.75 Å². The first kappa shape index (κ1) is 12.4. The Bertz CT molecular complexity index is 467. The minimum absolute atomic E-state index is 0.193. The van der Waals surface area contributed by atoms with E-state index < -0.39 is 0 Å². The van der Waals surface area contributed by atoms with Crippen molar-refractivity contribution in [1.29, 1.82) is 0 Å². The lowest BCUT2D eigenvalue weighted by Crippen LogP contribution is -2.35. The molecule has 0 saturated carbocycles. The van der Waals surface area contributed by atoms with E-state index in [2.05, 4.69) is 0 Å². The fourth-order valence-electron chi connectivity index (χ4n) is 2.07. The van der Waals surface area contributed by atoms with Crippen molar-refractivity contribution >= 4 is 23.2 Å². The van der Waals surface area contributed by atoms with Gasteiger partial charge in [-0.1, -0.05) is 0 Å². The van der Waals surface area contributed by atoms with Gasteiger partial charge in [-0.05, 0) is 31.0 Å². The third-order valence-corrected chi connectivity index (χ3v) is 2.97. The molecule has 2 amide bonds. The van der Waals surface area contributed by atoms with Crippen molar-refractivity contribution in [2.24, 2.45) is 0 Å². The highest BCUT2D eigenvalue weighted by Crippen LogP contribution is 2.32. The summed E-state index contributed by atoms with van der Waals surface area (Å²) in [6.07, 6.45) is 2.24. The Labute approximate surface area is 106 Å². The molecular formula is C13H16N2O3. The topological polar surface area (TPSA) is 72.6 Å². The Morgan fingerprint density at radius 3 is 2.33 bits per heavy atom. The maximum atomic E-state index is 12.0. The Balaban J connectivity index is 2.47. The summed E-state index contributed by atoms with van der Waals surface area (Å²) in [5.41, 5.74) is 6.65. The van der Waals surface area contributed by atoms with Gasteiger partial charge >= 0.3 is 0 Å². The van der Waals surface area contributed by atoms with E-state index in [9.17, 15) is 9.59 Å². The predicted molar refractivity (Wildman–Crippen MR) is 68.4 cm³/mol. The molecule has 1 aromatic carbocycles. The SMILES string of the molecule is COc1ccc(N)cc1N1C(=O)CCCCC1=O. The number of nitrogens with two attached hydrogens (primary N) is 1. The molecule has 5 heteroatoms. The number of benzene rings is 1. The second-order valence-corrected chi connectivity index (χ2v) is 4.26. The molecule has 0 unspecified atom stereocenters. The quantitative estimate of drug-likeness (QED) is 0.638. The van der Waals surface area contributed by atoms with Crippen LogP contribution in [0.15, 0.2) is 18.2 Å². The van der Waals surface area contributed by atoms with E-state index in [0.717, 1.165) is 12.8 Å². The van der Waals surface area contributed by atoms with Gasteiger partial charge in [0.2, 0.25) is 11.8 Å². The lowest BCUT2D eigenvalue weighted by Gasteiger charge is -2.21. The van der Waals surface area contributed by atoms with Crippen LogP contribution < -0.4 is 15.4 Å². The van der Waals surface area contributed by atoms with Crippen LogP contribution in [0.3, 0.4) is 0 Å². The number of nitrogens with zero attached hydrogens (tertiary/aromatic N) is 1. The summed E-state index contributed by atoms with van der Waals surface area (Å²) in [6.45, 7) is 0. The highest BCUT2D eigenvalue weighted by molar-refractivity contribution is 6.16. The van der Waals surface area contributed by atoms with Crippen molar-refractivity contribution in [3.8, 4) is 5.75 Å². The maximum absolute atomic E-state index is 12.0. The van der Waals surface area contributed by atoms with Crippen LogP contribution >= 0.6 is 0 Å². The summed E-state index contributed by atoms with van der Waals surface area (Å²) in [5, 5.41) is 0. The van der Waals surface area contributed by atoms with Crippen LogP contribution in [0.1, 0.15) is 25.7 Å². The molecule has 0 bridgehead atoms. The van der Waals surface area contributed by atoms with Gasteiger partial charge in [0.25, 0.3) is 0 Å². The highest BCUT2D eigenvalue weighted by atomic mass is 16.5. The number of carbonyl (C=O) groups excluding carboxylic acids is 2. The lowest BCUT2D eigenvalue weighted by molar-refractivity contribution is -0.125. The molecule has 1 saturated heterocycles. The average molecular weight is 248 g/mol. The zero-order chi connectivity index (χ0) is 13.1. The summed E-state index contributed by atoms with van der Waals surface area (Å²) < 4.78 is 5.19. The zero-order valence-electron chi connectivity index (χ0n) is 10.3. The standard InChI is InChI=1S/C13H16N2O3/c1-18-11-7-6-9(14)8-10(11)15-12(16)4-2-3-5-13(15)17/h6-8H,2-5,14H2,1H3. The molecule has 2 N–H and O–H groups in total. The van der Waals surface area contributed by atoms with Crippen LogP contribution in [0.5, 0.6) is 5.75 Å². The third-order valence-electron chi connectivity index (χ3n) is 2.97. The first-order valence-corrected chi connectivity index (χ1v) is 5.93. The van der Waals surface area contributed by atoms with Gasteiger partial charge in [-0.15, -0.1) is 0 Å². The number of rotatable bonds is 2. The fourth-order valence-corrected chi connectivity index (χ4v) is 2.07. The number of imide groups is 1. The van der Waals surface area contributed by atoms with Gasteiger partial charge in [-0.3, -0.25) is 9.59 Å². The normalized spacial score (nSPS) is 16.6. The molecule has 0 aromatic heterocycles. The number of anilines is 2. The molecule has 1 aliphatic heterocycles. The van der Waals surface area contributed by atoms with Crippen LogP contribution in [0.4, 0.5) is 11.4 Å². The van der Waals surface area contributed by atoms with Crippen molar-refractivity contribution in [1.82, 2.24) is 0 Å². The molecule has 0 radical (unpaired) electrons. The molecule has 0 atom stereocenters. The van der Waals surface area contributed by atoms with E-state index in [1.165, 1.54) is 12.0 Å². The van der Waals surface area contributed by atoms with Crippen LogP contribution in [0.25, 0.3) is 0 Å². The predicted octanol–water partition coefficient (Wildman–Crippen LogP) is 1.71. The Morgan fingerprint density at radius 2 is 1.78 bits per heavy atom. The summed E-state index contributed by atoms with van der Waals surface area (Å²) in [4.78, 5) is 25.2. The maximum Gasteiger partial charge on any atom is 0.233 e. The second kappa shape index (κ2) is 5.08. The van der Waals surface area contributed by atoms with Gasteiger partial charge in [0, 0.05) is 18.5 Å². The van der Waals surface area contributed by atoms with Crippen LogP contribution in [0.2, 0.25) is 0 Å². The summed E-state index contributed by atoms with van der Waals surface area (Å²) in [6, 6.07) is 4.94. The largest absolute Gasteiger partial charge is 0.495 e. The molecule has 96 valence electrons. The average Bonchev–Trinajstić information content (AvgIpc) is 2.50. The van der Waals surface area contributed by atoms with Gasteiger partial charge in [0.05, 0.1) is 12.8 Å². The number of hydrogen-bond acceptors (Lipinski definition) is 4. The van der Waals surface area contributed by atoms with Gasteiger partial charge in [-0.2, -0.15) is 0 Å². The minimum atomic E-state index is -0.193. The van der Waals surface area contributed by atoms with Gasteiger partial charge in [0.15, 0.2) is 0 Å². The molecule has 1 fully saturated rings. The van der Waals surface area contributed by atoms with Crippen LogP contribution in [0, 0.1) is 0 Å². The van der Waals surface area contributed by atoms with E-state index in [1.807, 2.05) is 0 Å². The van der Waals surface area contributed by atoms with E-state index in [0.29, 0.717) is 30.0 Å². The lowest BCUT2D eigenvalue weighted by atomic mass is 10.2. The van der Waals surface area contributed by atoms with Crippen LogP contribution in [-0.2, 0) is 9.59 Å². The first-order valence-electron chi connectivity index (χ1n) is 5.93. The van der Waals surface area contributed by atoms with Crippen molar-refractivity contribution in [3.05, 3.63) is 18.2 Å². The van der Waals surface area contributed by atoms with Crippen molar-refractivity contribution in [3.63, 3.8) is 0 Å². The van der Waals surface area contributed by atoms with Crippen molar-refractivity contribution < 1.29 is 14.3 Å². The molecule has 1 aromatic rings.